The summed E-state index contributed by atoms with van der Waals surface area (Å²) in [6.45, 7) is 44.0. The maximum absolute atomic E-state index is 14.2. The van der Waals surface area contributed by atoms with Gasteiger partial charge in [-0.2, -0.15) is 0 Å². The Morgan fingerprint density at radius 1 is 0.640 bits per heavy atom. The third-order valence-electron chi connectivity index (χ3n) is 26.4. The summed E-state index contributed by atoms with van der Waals surface area (Å²) in [6.07, 6.45) is 16.2. The van der Waals surface area contributed by atoms with Crippen molar-refractivity contribution in [3.63, 3.8) is 0 Å². The molecule has 1 aromatic rings. The molecular weight excluding hydrogens is 1100 g/mol. The minimum absolute atomic E-state index is 0.0000615. The van der Waals surface area contributed by atoms with Crippen molar-refractivity contribution in [1.29, 1.82) is 0 Å². The number of rotatable bonds is 14. The van der Waals surface area contributed by atoms with Crippen molar-refractivity contribution in [2.24, 2.45) is 101 Å². The van der Waals surface area contributed by atoms with Crippen LogP contribution in [0.3, 0.4) is 0 Å². The van der Waals surface area contributed by atoms with E-state index in [1.54, 1.807) is 0 Å². The Labute approximate surface area is 518 Å². The van der Waals surface area contributed by atoms with Crippen LogP contribution in [0.2, 0.25) is 0 Å². The van der Waals surface area contributed by atoms with E-state index in [1.165, 1.54) is 25.8 Å². The first-order chi connectivity index (χ1) is 39.4. The van der Waals surface area contributed by atoms with Crippen LogP contribution in [0.1, 0.15) is 252 Å². The molecule has 0 spiro atoms. The van der Waals surface area contributed by atoms with E-state index in [2.05, 4.69) is 131 Å². The number of phosphoric acid groups is 1. The number of carbonyl (C=O) groups excluding carboxylic acids is 5. The molecule has 0 aromatic heterocycles. The Kier molecular flexibility index (Phi) is 18.8. The van der Waals surface area contributed by atoms with Gasteiger partial charge in [0.15, 0.2) is 11.6 Å². The lowest BCUT2D eigenvalue weighted by Crippen LogP contribution is -2.61. The van der Waals surface area contributed by atoms with Crippen molar-refractivity contribution in [3.8, 4) is 0 Å². The molecule has 482 valence electrons. The van der Waals surface area contributed by atoms with Gasteiger partial charge < -0.3 is 24.0 Å². The van der Waals surface area contributed by atoms with Gasteiger partial charge >= 0.3 is 25.7 Å². The first-order valence-corrected chi connectivity index (χ1v) is 34.8. The van der Waals surface area contributed by atoms with Crippen LogP contribution in [-0.4, -0.2) is 63.7 Å². The monoisotopic (exact) mass is 1210 g/mol. The SMILES string of the molecule is CC(=O)O[C@H]1C[C@]2(C)C3CC[C@]4(C)[C@@H]([C@H](C)[C@@H](CCC(C)(C)C)OP(=O)(O)O)CC[C@@]4(C)C3=CC(=O)[C@@H]2C[C@H]1OC(C)=O.C[C@@H]1C[C@@]2(C)C(=O)C=C3C(CC[C@]4(C)[C@@H](C(C)(C)[C@@H](CCC(C)(C)C)OC(=O)c5ccccc5)CC[C@@]34C)[C@@]2(C)C[C@@H]1C. The van der Waals surface area contributed by atoms with E-state index in [0.29, 0.717) is 54.3 Å². The van der Waals surface area contributed by atoms with Gasteiger partial charge in [0, 0.05) is 30.6 Å². The molecule has 0 saturated heterocycles. The third-order valence-corrected chi connectivity index (χ3v) is 27.0. The van der Waals surface area contributed by atoms with Gasteiger partial charge in [0.2, 0.25) is 0 Å². The van der Waals surface area contributed by atoms with Gasteiger partial charge in [-0.05, 0) is 212 Å². The summed E-state index contributed by atoms with van der Waals surface area (Å²) in [5.74, 6) is 1.26. The van der Waals surface area contributed by atoms with Crippen molar-refractivity contribution in [1.82, 2.24) is 0 Å². The Hall–Kier alpha value is -3.44. The second kappa shape index (κ2) is 23.7. The summed E-state index contributed by atoms with van der Waals surface area (Å²) < 4.78 is 35.3. The van der Waals surface area contributed by atoms with Crippen LogP contribution < -0.4 is 0 Å². The largest absolute Gasteiger partial charge is 0.469 e. The molecule has 86 heavy (non-hydrogen) atoms. The zero-order chi connectivity index (χ0) is 64.1. The molecule has 6 fully saturated rings. The lowest BCUT2D eigenvalue weighted by Gasteiger charge is -2.65. The van der Waals surface area contributed by atoms with Crippen molar-refractivity contribution in [3.05, 3.63) is 59.2 Å². The number of phosphoric ester groups is 1. The molecule has 0 aliphatic heterocycles. The molecule has 9 rings (SSSR count). The van der Waals surface area contributed by atoms with E-state index in [1.807, 2.05) is 36.4 Å². The highest BCUT2D eigenvalue weighted by molar-refractivity contribution is 7.46. The number of benzene rings is 1. The number of hydrogen-bond acceptors (Lipinski definition) is 10. The molecule has 0 heterocycles. The van der Waals surface area contributed by atoms with Crippen molar-refractivity contribution < 1.29 is 57.1 Å². The predicted molar refractivity (Wildman–Crippen MR) is 338 cm³/mol. The average Bonchev–Trinajstić information content (AvgIpc) is 1.26. The Morgan fingerprint density at radius 2 is 1.17 bits per heavy atom. The molecule has 19 atom stereocenters. The molecule has 0 amide bonds. The average molecular weight is 1210 g/mol. The van der Waals surface area contributed by atoms with Crippen LogP contribution in [0.15, 0.2) is 53.6 Å². The number of fused-ring (bicyclic) bond motifs is 10. The van der Waals surface area contributed by atoms with Crippen LogP contribution in [0.25, 0.3) is 0 Å². The molecule has 12 nitrogen and oxygen atoms in total. The van der Waals surface area contributed by atoms with E-state index in [-0.39, 0.29) is 90.3 Å². The van der Waals surface area contributed by atoms with Gasteiger partial charge in [-0.1, -0.05) is 154 Å². The first kappa shape index (κ1) is 68.5. The molecule has 8 aliphatic rings. The number of esters is 3. The minimum Gasteiger partial charge on any atom is -0.459 e. The smallest absolute Gasteiger partial charge is 0.459 e. The highest BCUT2D eigenvalue weighted by Gasteiger charge is 2.70. The van der Waals surface area contributed by atoms with Crippen LogP contribution >= 0.6 is 7.82 Å². The van der Waals surface area contributed by atoms with Crippen molar-refractivity contribution in [2.45, 2.75) is 266 Å². The lowest BCUT2D eigenvalue weighted by molar-refractivity contribution is -0.184. The van der Waals surface area contributed by atoms with Crippen molar-refractivity contribution in [2.75, 3.05) is 0 Å². The van der Waals surface area contributed by atoms with E-state index in [4.69, 9.17) is 18.7 Å². The minimum atomic E-state index is -4.68. The fourth-order valence-electron chi connectivity index (χ4n) is 20.7. The Morgan fingerprint density at radius 3 is 1.77 bits per heavy atom. The van der Waals surface area contributed by atoms with Gasteiger partial charge in [-0.15, -0.1) is 0 Å². The summed E-state index contributed by atoms with van der Waals surface area (Å²) in [5.41, 5.74) is 2.03. The number of allylic oxidation sites excluding steroid dienone is 4. The molecule has 2 N–H and O–H groups in total. The number of ether oxygens (including phenoxy) is 3. The van der Waals surface area contributed by atoms with Crippen LogP contribution in [0, 0.1) is 101 Å². The number of carbonyl (C=O) groups is 5. The van der Waals surface area contributed by atoms with Crippen LogP contribution in [0.5, 0.6) is 0 Å². The normalized spacial score (nSPS) is 39.6. The topological polar surface area (TPSA) is 180 Å². The van der Waals surface area contributed by atoms with Gasteiger partial charge in [0.1, 0.15) is 18.3 Å². The fourth-order valence-corrected chi connectivity index (χ4v) is 21.3. The highest BCUT2D eigenvalue weighted by atomic mass is 31.2. The third kappa shape index (κ3) is 12.3. The van der Waals surface area contributed by atoms with E-state index in [0.717, 1.165) is 82.6 Å². The first-order valence-electron chi connectivity index (χ1n) is 33.3. The van der Waals surface area contributed by atoms with E-state index < -0.39 is 43.5 Å². The summed E-state index contributed by atoms with van der Waals surface area (Å²) in [6, 6.07) is 9.48. The van der Waals surface area contributed by atoms with Crippen LogP contribution in [-0.2, 0) is 42.5 Å². The predicted octanol–water partition coefficient (Wildman–Crippen LogP) is 17.0. The number of ketones is 2. The Bertz CT molecular complexity index is 2850. The summed E-state index contributed by atoms with van der Waals surface area (Å²) in [4.78, 5) is 85.1. The number of hydrogen-bond donors (Lipinski definition) is 2. The maximum atomic E-state index is 14.2. The quantitative estimate of drug-likeness (QED) is 0.102. The van der Waals surface area contributed by atoms with Gasteiger partial charge in [0.25, 0.3) is 0 Å². The Balaban J connectivity index is 0.000000223. The van der Waals surface area contributed by atoms with Gasteiger partial charge in [-0.25, -0.2) is 9.36 Å². The molecule has 1 aromatic carbocycles. The van der Waals surface area contributed by atoms with Crippen molar-refractivity contribution >= 4 is 37.3 Å². The van der Waals surface area contributed by atoms with E-state index in [9.17, 15) is 38.3 Å². The second-order valence-electron chi connectivity index (χ2n) is 34.1. The van der Waals surface area contributed by atoms with Gasteiger partial charge in [-0.3, -0.25) is 23.7 Å². The molecule has 13 heteroatoms. The fraction of sp³-hybridized carbons (Fsp3) is 0.795. The zero-order valence-electron chi connectivity index (χ0n) is 56.7. The zero-order valence-corrected chi connectivity index (χ0v) is 57.6. The molecule has 0 radical (unpaired) electrons. The van der Waals surface area contributed by atoms with Crippen LogP contribution in [0.4, 0.5) is 0 Å². The maximum Gasteiger partial charge on any atom is 0.469 e. The molecule has 2 unspecified atom stereocenters. The molecule has 6 saturated carbocycles. The second-order valence-corrected chi connectivity index (χ2v) is 35.3. The summed E-state index contributed by atoms with van der Waals surface area (Å²) in [7, 11) is -4.68. The molecule has 8 aliphatic carbocycles. The highest BCUT2D eigenvalue weighted by Crippen LogP contribution is 2.76. The van der Waals surface area contributed by atoms with Gasteiger partial charge in [0.05, 0.1) is 11.7 Å². The lowest BCUT2D eigenvalue weighted by atomic mass is 9.38. The standard InChI is InChI=1S/C40H60O3.C33H53O9P/c1-26-24-39(10)29-17-21-38(9)31(18-22-37(38,8)30(29)23-32(41)40(39,11)25-27(26)2)36(6,7)33(19-20-35(3,4)5)43-34(42)28-15-13-12-14-16-28;1-19(27(42-43(37,38)39)12-13-30(4,5)6)22-10-14-33(9)24-16-26(36)25-17-28(40-20(2)34)29(41-21(3)35)18-31(25,7)23(24)11-15-32(22,33)8/h12-16,23,26-27,29,31,33H,17-22,24-25H2,1-11H3;16,19,22-23,25,27-29H,10-15,17-18H2,1-9H3,(H2,37,38,39)/t26-,27+,29?,31+,33+,37-,38+,39+,40-;19-,22+,23?,25-,27+,28+,29-,31+,32+,33-/m00/s1. The summed E-state index contributed by atoms with van der Waals surface area (Å²) >= 11 is 0. The van der Waals surface area contributed by atoms with E-state index >= 15 is 0 Å². The molecule has 0 bridgehead atoms. The summed E-state index contributed by atoms with van der Waals surface area (Å²) in [5, 5.41) is 0. The molecular formula is C73H113O12P.